The van der Waals surface area contributed by atoms with Crippen LogP contribution >= 0.6 is 11.6 Å². The van der Waals surface area contributed by atoms with Crippen molar-refractivity contribution in [2.24, 2.45) is 0 Å². The van der Waals surface area contributed by atoms with Crippen LogP contribution in [0, 0.1) is 0 Å². The Balaban J connectivity index is 1.73. The monoisotopic (exact) mass is 256 g/mol. The van der Waals surface area contributed by atoms with E-state index >= 15 is 0 Å². The van der Waals surface area contributed by atoms with Crippen LogP contribution < -0.4 is 0 Å². The van der Waals surface area contributed by atoms with E-state index in [4.69, 9.17) is 11.6 Å². The van der Waals surface area contributed by atoms with E-state index in [1.165, 1.54) is 24.0 Å². The van der Waals surface area contributed by atoms with Gasteiger partial charge in [-0.3, -0.25) is 0 Å². The summed E-state index contributed by atoms with van der Waals surface area (Å²) >= 11 is 6.02. The zero-order valence-corrected chi connectivity index (χ0v) is 11.2. The lowest BCUT2D eigenvalue weighted by atomic mass is 9.97. The number of benzene rings is 2. The van der Waals surface area contributed by atoms with Gasteiger partial charge in [-0.15, -0.1) is 0 Å². The van der Waals surface area contributed by atoms with Crippen LogP contribution in [0.2, 0.25) is 5.02 Å². The molecular weight excluding hydrogens is 240 g/mol. The molecule has 18 heavy (non-hydrogen) atoms. The Labute approximate surface area is 114 Å². The molecule has 0 radical (unpaired) electrons. The fourth-order valence-electron chi connectivity index (χ4n) is 2.53. The lowest BCUT2D eigenvalue weighted by Crippen LogP contribution is -1.95. The smallest absolute Gasteiger partial charge is 0.0408 e. The molecule has 1 aliphatic rings. The second-order valence-corrected chi connectivity index (χ2v) is 5.54. The molecule has 1 aliphatic carbocycles. The quantitative estimate of drug-likeness (QED) is 0.722. The van der Waals surface area contributed by atoms with E-state index in [-0.39, 0.29) is 0 Å². The van der Waals surface area contributed by atoms with Crippen molar-refractivity contribution in [3.05, 3.63) is 70.2 Å². The van der Waals surface area contributed by atoms with Gasteiger partial charge in [0.2, 0.25) is 0 Å². The van der Waals surface area contributed by atoms with Gasteiger partial charge in [0.1, 0.15) is 0 Å². The fraction of sp³-hybridized carbons (Fsp3) is 0.294. The van der Waals surface area contributed by atoms with Crippen molar-refractivity contribution >= 4 is 11.6 Å². The first-order valence-corrected chi connectivity index (χ1v) is 7.03. The van der Waals surface area contributed by atoms with Crippen LogP contribution in [0.15, 0.2) is 48.5 Å². The molecule has 1 heteroatoms. The molecule has 0 heterocycles. The molecule has 0 saturated heterocycles. The molecule has 2 aromatic rings. The first-order chi connectivity index (χ1) is 8.83. The van der Waals surface area contributed by atoms with E-state index in [1.807, 2.05) is 12.1 Å². The summed E-state index contributed by atoms with van der Waals surface area (Å²) in [5.74, 6) is 0.834. The van der Waals surface area contributed by atoms with Crippen molar-refractivity contribution in [1.29, 1.82) is 0 Å². The molecule has 1 fully saturated rings. The third-order valence-corrected chi connectivity index (χ3v) is 3.88. The highest BCUT2D eigenvalue weighted by Gasteiger charge is 2.25. The third-order valence-electron chi connectivity index (χ3n) is 3.64. The van der Waals surface area contributed by atoms with E-state index in [0.29, 0.717) is 0 Å². The summed E-state index contributed by atoms with van der Waals surface area (Å²) in [6.07, 6.45) is 4.93. The van der Waals surface area contributed by atoms with E-state index < -0.39 is 0 Å². The minimum atomic E-state index is 0.834. The van der Waals surface area contributed by atoms with Crippen LogP contribution in [-0.4, -0.2) is 0 Å². The maximum Gasteiger partial charge on any atom is 0.0408 e. The average molecular weight is 257 g/mol. The number of hydrogen-bond donors (Lipinski definition) is 0. The Morgan fingerprint density at radius 1 is 0.944 bits per heavy atom. The molecule has 0 nitrogen and oxygen atoms in total. The van der Waals surface area contributed by atoms with Crippen LogP contribution in [0.4, 0.5) is 0 Å². The Morgan fingerprint density at radius 3 is 2.56 bits per heavy atom. The van der Waals surface area contributed by atoms with Crippen molar-refractivity contribution in [2.75, 3.05) is 0 Å². The molecule has 0 unspecified atom stereocenters. The van der Waals surface area contributed by atoms with Crippen LogP contribution in [0.5, 0.6) is 0 Å². The third kappa shape index (κ3) is 2.76. The summed E-state index contributed by atoms with van der Waals surface area (Å²) in [7, 11) is 0. The Bertz CT molecular complexity index is 541. The van der Waals surface area contributed by atoms with Crippen LogP contribution in [0.1, 0.15) is 35.4 Å². The van der Waals surface area contributed by atoms with Gasteiger partial charge < -0.3 is 0 Å². The van der Waals surface area contributed by atoms with Crippen molar-refractivity contribution in [2.45, 2.75) is 31.6 Å². The molecule has 92 valence electrons. The predicted octanol–water partition coefficient (Wildman–Crippen LogP) is 5.00. The largest absolute Gasteiger partial charge is 0.0843 e. The number of hydrogen-bond acceptors (Lipinski definition) is 0. The van der Waals surface area contributed by atoms with Gasteiger partial charge in [-0.25, -0.2) is 0 Å². The highest BCUT2D eigenvalue weighted by molar-refractivity contribution is 6.30. The maximum atomic E-state index is 6.02. The molecular formula is C17H17Cl. The fourth-order valence-corrected chi connectivity index (χ4v) is 2.74. The molecule has 2 aromatic carbocycles. The number of halogens is 1. The van der Waals surface area contributed by atoms with Gasteiger partial charge in [0.25, 0.3) is 0 Å². The zero-order chi connectivity index (χ0) is 12.4. The Morgan fingerprint density at radius 2 is 1.78 bits per heavy atom. The van der Waals surface area contributed by atoms with Crippen molar-refractivity contribution < 1.29 is 0 Å². The summed E-state index contributed by atoms with van der Waals surface area (Å²) < 4.78 is 0. The molecule has 0 bridgehead atoms. The molecule has 0 atom stereocenters. The second kappa shape index (κ2) is 5.16. The standard InChI is InChI=1S/C17H17Cl/c18-16-6-3-4-13(12-16)8-9-14-5-1-2-7-17(14)15-10-11-15/h1-7,12,15H,8-11H2. The second-order valence-electron chi connectivity index (χ2n) is 5.10. The Kier molecular flexibility index (Phi) is 3.38. The van der Waals surface area contributed by atoms with Crippen LogP contribution in [-0.2, 0) is 12.8 Å². The van der Waals surface area contributed by atoms with Gasteiger partial charge in [-0.2, -0.15) is 0 Å². The predicted molar refractivity (Wildman–Crippen MR) is 77.3 cm³/mol. The molecule has 0 amide bonds. The molecule has 3 rings (SSSR count). The zero-order valence-electron chi connectivity index (χ0n) is 10.4. The minimum absolute atomic E-state index is 0.834. The molecule has 0 spiro atoms. The summed E-state index contributed by atoms with van der Waals surface area (Å²) in [5, 5.41) is 0.836. The highest BCUT2D eigenvalue weighted by Crippen LogP contribution is 2.41. The topological polar surface area (TPSA) is 0 Å². The van der Waals surface area contributed by atoms with Gasteiger partial charge >= 0.3 is 0 Å². The normalized spacial score (nSPS) is 14.7. The average Bonchev–Trinajstić information content (AvgIpc) is 3.21. The summed E-state index contributed by atoms with van der Waals surface area (Å²) in [6, 6.07) is 17.1. The van der Waals surface area contributed by atoms with E-state index in [0.717, 1.165) is 23.8 Å². The van der Waals surface area contributed by atoms with Gasteiger partial charge in [0, 0.05) is 5.02 Å². The highest BCUT2D eigenvalue weighted by atomic mass is 35.5. The summed E-state index contributed by atoms with van der Waals surface area (Å²) in [5.41, 5.74) is 4.41. The summed E-state index contributed by atoms with van der Waals surface area (Å²) in [6.45, 7) is 0. The molecule has 1 saturated carbocycles. The van der Waals surface area contributed by atoms with Gasteiger partial charge in [0.15, 0.2) is 0 Å². The Hall–Kier alpha value is -1.27. The first-order valence-electron chi connectivity index (χ1n) is 6.65. The van der Waals surface area contributed by atoms with Gasteiger partial charge in [-0.05, 0) is 60.4 Å². The van der Waals surface area contributed by atoms with Crippen LogP contribution in [0.25, 0.3) is 0 Å². The van der Waals surface area contributed by atoms with Gasteiger partial charge in [0.05, 0.1) is 0 Å². The first kappa shape index (κ1) is 11.8. The SMILES string of the molecule is Clc1cccc(CCc2ccccc2C2CC2)c1. The van der Waals surface area contributed by atoms with E-state index in [2.05, 4.69) is 36.4 Å². The lowest BCUT2D eigenvalue weighted by molar-refractivity contribution is 0.927. The van der Waals surface area contributed by atoms with Crippen molar-refractivity contribution in [1.82, 2.24) is 0 Å². The number of rotatable bonds is 4. The molecule has 0 aliphatic heterocycles. The lowest BCUT2D eigenvalue weighted by Gasteiger charge is -2.08. The van der Waals surface area contributed by atoms with Crippen molar-refractivity contribution in [3.63, 3.8) is 0 Å². The van der Waals surface area contributed by atoms with Crippen molar-refractivity contribution in [3.8, 4) is 0 Å². The summed E-state index contributed by atoms with van der Waals surface area (Å²) in [4.78, 5) is 0. The van der Waals surface area contributed by atoms with Crippen LogP contribution in [0.3, 0.4) is 0 Å². The molecule has 0 N–H and O–H groups in total. The van der Waals surface area contributed by atoms with E-state index in [1.54, 1.807) is 5.56 Å². The minimum Gasteiger partial charge on any atom is -0.0843 e. The van der Waals surface area contributed by atoms with E-state index in [9.17, 15) is 0 Å². The molecule has 0 aromatic heterocycles. The number of aryl methyl sites for hydroxylation is 2. The maximum absolute atomic E-state index is 6.02. The van der Waals surface area contributed by atoms with Gasteiger partial charge in [-0.1, -0.05) is 48.0 Å².